The maximum atomic E-state index is 13.8. The van der Waals surface area contributed by atoms with Crippen LogP contribution in [-0.4, -0.2) is 17.6 Å². The quantitative estimate of drug-likeness (QED) is 0.841. The molecule has 2 rings (SSSR count). The molecule has 0 fully saturated rings. The van der Waals surface area contributed by atoms with Crippen LogP contribution in [0.5, 0.6) is 0 Å². The monoisotopic (exact) mass is 292 g/mol. The van der Waals surface area contributed by atoms with Gasteiger partial charge in [0.05, 0.1) is 10.7 Å². The van der Waals surface area contributed by atoms with Crippen LogP contribution in [0, 0.1) is 12.7 Å². The number of halogens is 1. The minimum absolute atomic E-state index is 0.120. The maximum absolute atomic E-state index is 13.8. The summed E-state index contributed by atoms with van der Waals surface area (Å²) in [6, 6.07) is 7.24. The summed E-state index contributed by atoms with van der Waals surface area (Å²) in [4.78, 5) is 4.51. The van der Waals surface area contributed by atoms with Crippen LogP contribution in [0.1, 0.15) is 29.6 Å². The van der Waals surface area contributed by atoms with Crippen LogP contribution in [0.25, 0.3) is 0 Å². The fraction of sp³-hybridized carbons (Fsp3) is 0.438. The van der Waals surface area contributed by atoms with Crippen molar-refractivity contribution in [3.05, 3.63) is 51.7 Å². The first-order valence-corrected chi connectivity index (χ1v) is 7.94. The summed E-state index contributed by atoms with van der Waals surface area (Å²) in [5.74, 6) is -0.120. The van der Waals surface area contributed by atoms with E-state index in [-0.39, 0.29) is 11.9 Å². The van der Waals surface area contributed by atoms with Gasteiger partial charge in [0.15, 0.2) is 0 Å². The zero-order valence-electron chi connectivity index (χ0n) is 12.0. The highest BCUT2D eigenvalue weighted by molar-refractivity contribution is 7.09. The van der Waals surface area contributed by atoms with E-state index in [0.29, 0.717) is 6.42 Å². The molecule has 0 aliphatic carbocycles. The van der Waals surface area contributed by atoms with E-state index in [4.69, 9.17) is 0 Å². The minimum atomic E-state index is -0.120. The number of thiazole rings is 1. The molecule has 4 heteroatoms. The highest BCUT2D eigenvalue weighted by atomic mass is 32.1. The first-order valence-electron chi connectivity index (χ1n) is 7.06. The third-order valence-electron chi connectivity index (χ3n) is 3.23. The number of benzene rings is 1. The zero-order chi connectivity index (χ0) is 14.4. The van der Waals surface area contributed by atoms with Crippen molar-refractivity contribution in [2.24, 2.45) is 0 Å². The average molecular weight is 292 g/mol. The van der Waals surface area contributed by atoms with Crippen LogP contribution in [0.4, 0.5) is 4.39 Å². The van der Waals surface area contributed by atoms with Gasteiger partial charge < -0.3 is 5.32 Å². The fourth-order valence-corrected chi connectivity index (χ4v) is 2.87. The zero-order valence-corrected chi connectivity index (χ0v) is 12.8. The van der Waals surface area contributed by atoms with Crippen molar-refractivity contribution in [2.45, 2.75) is 39.2 Å². The SMILES string of the molecule is CCCNC(Cc1csc(C)n1)Cc1ccccc1F. The number of aromatic nitrogens is 1. The Balaban J connectivity index is 2.05. The largest absolute Gasteiger partial charge is 0.313 e. The summed E-state index contributed by atoms with van der Waals surface area (Å²) in [6.07, 6.45) is 2.62. The maximum Gasteiger partial charge on any atom is 0.126 e. The van der Waals surface area contributed by atoms with E-state index >= 15 is 0 Å². The fourth-order valence-electron chi connectivity index (χ4n) is 2.25. The molecule has 0 saturated carbocycles. The summed E-state index contributed by atoms with van der Waals surface area (Å²) in [5.41, 5.74) is 1.87. The second kappa shape index (κ2) is 7.50. The van der Waals surface area contributed by atoms with E-state index in [9.17, 15) is 4.39 Å². The molecule has 1 heterocycles. The van der Waals surface area contributed by atoms with Crippen LogP contribution < -0.4 is 5.32 Å². The van der Waals surface area contributed by atoms with Crippen molar-refractivity contribution in [1.82, 2.24) is 10.3 Å². The molecule has 0 saturated heterocycles. The molecule has 0 radical (unpaired) electrons. The third-order valence-corrected chi connectivity index (χ3v) is 4.05. The first-order chi connectivity index (χ1) is 9.69. The van der Waals surface area contributed by atoms with Gasteiger partial charge in [-0.3, -0.25) is 0 Å². The lowest BCUT2D eigenvalue weighted by atomic mass is 10.0. The molecule has 0 amide bonds. The van der Waals surface area contributed by atoms with Gasteiger partial charge in [-0.2, -0.15) is 0 Å². The number of hydrogen-bond acceptors (Lipinski definition) is 3. The topological polar surface area (TPSA) is 24.9 Å². The van der Waals surface area contributed by atoms with Crippen molar-refractivity contribution in [3.63, 3.8) is 0 Å². The van der Waals surface area contributed by atoms with E-state index in [2.05, 4.69) is 22.6 Å². The van der Waals surface area contributed by atoms with E-state index in [1.807, 2.05) is 19.1 Å². The molecule has 0 bridgehead atoms. The lowest BCUT2D eigenvalue weighted by Crippen LogP contribution is -2.34. The molecule has 20 heavy (non-hydrogen) atoms. The number of nitrogens with one attached hydrogen (secondary N) is 1. The molecule has 0 aliphatic rings. The smallest absolute Gasteiger partial charge is 0.126 e. The standard InChI is InChI=1S/C16H21FN2S/c1-3-8-18-14(10-15-11-20-12(2)19-15)9-13-6-4-5-7-16(13)17/h4-7,11,14,18H,3,8-10H2,1-2H3. The third kappa shape index (κ3) is 4.39. The van der Waals surface area contributed by atoms with Gasteiger partial charge in [0.25, 0.3) is 0 Å². The van der Waals surface area contributed by atoms with Crippen molar-refractivity contribution in [1.29, 1.82) is 0 Å². The van der Waals surface area contributed by atoms with Gasteiger partial charge in [-0.1, -0.05) is 25.1 Å². The highest BCUT2D eigenvalue weighted by Gasteiger charge is 2.13. The normalized spacial score (nSPS) is 12.6. The van der Waals surface area contributed by atoms with Crippen LogP contribution >= 0.6 is 11.3 Å². The Bertz CT molecular complexity index is 539. The molecule has 2 nitrogen and oxygen atoms in total. The predicted molar refractivity (Wildman–Crippen MR) is 82.7 cm³/mol. The van der Waals surface area contributed by atoms with Gasteiger partial charge in [0, 0.05) is 17.8 Å². The molecular formula is C16H21FN2S. The van der Waals surface area contributed by atoms with Crippen LogP contribution in [0.3, 0.4) is 0 Å². The molecule has 0 aliphatic heterocycles. The Morgan fingerprint density at radius 1 is 1.30 bits per heavy atom. The molecule has 1 aromatic carbocycles. The van der Waals surface area contributed by atoms with Crippen molar-refractivity contribution >= 4 is 11.3 Å². The molecule has 1 atom stereocenters. The van der Waals surface area contributed by atoms with E-state index in [0.717, 1.165) is 35.7 Å². The van der Waals surface area contributed by atoms with Gasteiger partial charge in [-0.15, -0.1) is 11.3 Å². The van der Waals surface area contributed by atoms with E-state index < -0.39 is 0 Å². The number of nitrogens with zero attached hydrogens (tertiary/aromatic N) is 1. The van der Waals surface area contributed by atoms with Crippen molar-refractivity contribution in [3.8, 4) is 0 Å². The Morgan fingerprint density at radius 3 is 2.75 bits per heavy atom. The number of rotatable bonds is 7. The Labute approximate surface area is 124 Å². The van der Waals surface area contributed by atoms with Crippen molar-refractivity contribution < 1.29 is 4.39 Å². The second-order valence-electron chi connectivity index (χ2n) is 5.01. The lowest BCUT2D eigenvalue weighted by molar-refractivity contribution is 0.489. The molecule has 2 aromatic rings. The predicted octanol–water partition coefficient (Wildman–Crippen LogP) is 3.74. The van der Waals surface area contributed by atoms with Gasteiger partial charge in [0.1, 0.15) is 5.82 Å². The first kappa shape index (κ1) is 15.1. The molecule has 1 aromatic heterocycles. The molecule has 1 unspecified atom stereocenters. The van der Waals surface area contributed by atoms with Crippen LogP contribution in [-0.2, 0) is 12.8 Å². The second-order valence-corrected chi connectivity index (χ2v) is 6.07. The summed E-state index contributed by atoms with van der Waals surface area (Å²) >= 11 is 1.67. The Hall–Kier alpha value is -1.26. The molecule has 0 spiro atoms. The Kier molecular flexibility index (Phi) is 5.68. The summed E-state index contributed by atoms with van der Waals surface area (Å²) in [6.45, 7) is 5.10. The minimum Gasteiger partial charge on any atom is -0.313 e. The summed E-state index contributed by atoms with van der Waals surface area (Å²) in [5, 5.41) is 6.68. The lowest BCUT2D eigenvalue weighted by Gasteiger charge is -2.18. The highest BCUT2D eigenvalue weighted by Crippen LogP contribution is 2.14. The van der Waals surface area contributed by atoms with Gasteiger partial charge >= 0.3 is 0 Å². The summed E-state index contributed by atoms with van der Waals surface area (Å²) < 4.78 is 13.8. The van der Waals surface area contributed by atoms with Crippen molar-refractivity contribution in [2.75, 3.05) is 6.54 Å². The number of hydrogen-bond donors (Lipinski definition) is 1. The average Bonchev–Trinajstić information content (AvgIpc) is 2.84. The van der Waals surface area contributed by atoms with Gasteiger partial charge in [-0.25, -0.2) is 9.37 Å². The van der Waals surface area contributed by atoms with Gasteiger partial charge in [-0.05, 0) is 37.9 Å². The molecule has 1 N–H and O–H groups in total. The molecule has 108 valence electrons. The van der Waals surface area contributed by atoms with E-state index in [1.165, 1.54) is 6.07 Å². The Morgan fingerprint density at radius 2 is 2.10 bits per heavy atom. The van der Waals surface area contributed by atoms with Gasteiger partial charge in [0.2, 0.25) is 0 Å². The van der Waals surface area contributed by atoms with E-state index in [1.54, 1.807) is 17.4 Å². The van der Waals surface area contributed by atoms with Crippen LogP contribution in [0.15, 0.2) is 29.6 Å². The molecular weight excluding hydrogens is 271 g/mol. The van der Waals surface area contributed by atoms with Crippen LogP contribution in [0.2, 0.25) is 0 Å². The number of aryl methyl sites for hydroxylation is 1. The summed E-state index contributed by atoms with van der Waals surface area (Å²) in [7, 11) is 0.